The third-order valence-electron chi connectivity index (χ3n) is 16.0. The van der Waals surface area contributed by atoms with E-state index in [2.05, 4.69) is 43.3 Å². The molecule has 2 aromatic heterocycles. The maximum absolute atomic E-state index is 11.3. The summed E-state index contributed by atoms with van der Waals surface area (Å²) in [6, 6.07) is 59.2. The molecule has 8 aromatic rings. The van der Waals surface area contributed by atoms with E-state index in [1.165, 1.54) is 40.5 Å². The van der Waals surface area contributed by atoms with Gasteiger partial charge in [0.15, 0.2) is 11.5 Å². The normalized spacial score (nSPS) is 16.1. The van der Waals surface area contributed by atoms with Gasteiger partial charge in [0, 0.05) is 62.1 Å². The van der Waals surface area contributed by atoms with Crippen LogP contribution in [0.15, 0.2) is 259 Å². The van der Waals surface area contributed by atoms with Crippen molar-refractivity contribution in [3.63, 3.8) is 0 Å². The van der Waals surface area contributed by atoms with Gasteiger partial charge in [0.1, 0.15) is 35.9 Å². The molecule has 0 spiro atoms. The molecule has 109 heavy (non-hydrogen) atoms. The number of hydrogen-bond acceptors (Lipinski definition) is 14. The van der Waals surface area contributed by atoms with E-state index < -0.39 is 0 Å². The summed E-state index contributed by atoms with van der Waals surface area (Å²) >= 11 is 0. The van der Waals surface area contributed by atoms with Crippen LogP contribution in [0.5, 0.6) is 11.5 Å². The third-order valence-corrected chi connectivity index (χ3v) is 16.0. The third kappa shape index (κ3) is 36.4. The monoisotopic (exact) mass is 1500 g/mol. The SMILES string of the molecule is CC1=CC(=O)OC(/C=C/c2ccc3c(c2)OCO3)C1.CC1=CC(=O)OC(/C=C/c2ccccc2)C1.CC1=CC(=O)OC(CCc2ccc(C)cc2)C1.CC1=CC(=O)OC(CCc2ccccc2)C1.Cc1cc(/C=C/c2ccccc2)oc(=O)c1.Cc1ccc(/C=C/c2cc(C)cc(=O)o2)cc1.O.O.O.O.O.O.O.O. The molecule has 6 aromatic carbocycles. The number of carbonyl (C=O) groups excluding carboxylic acids is 4. The molecule has 16 N–H and O–H groups in total. The first-order valence-corrected chi connectivity index (χ1v) is 33.8. The van der Waals surface area contributed by atoms with Crippen molar-refractivity contribution in [1.29, 1.82) is 0 Å². The van der Waals surface area contributed by atoms with Gasteiger partial charge in [-0.05, 0) is 174 Å². The van der Waals surface area contributed by atoms with Crippen LogP contribution in [0.4, 0.5) is 0 Å². The molecular weight excluding hydrogens is 1400 g/mol. The Kier molecular flexibility index (Phi) is 45.3. The molecule has 22 heteroatoms. The highest BCUT2D eigenvalue weighted by Gasteiger charge is 2.22. The molecule has 4 atom stereocenters. The molecule has 22 nitrogen and oxygen atoms in total. The molecule has 0 aliphatic carbocycles. The Bertz CT molecular complexity index is 4450. The van der Waals surface area contributed by atoms with Gasteiger partial charge < -0.3 is 81.1 Å². The van der Waals surface area contributed by atoms with Gasteiger partial charge in [0.05, 0.1) is 0 Å². The molecule has 0 radical (unpaired) electrons. The summed E-state index contributed by atoms with van der Waals surface area (Å²) in [5.74, 6) is 1.77. The summed E-state index contributed by atoms with van der Waals surface area (Å²) in [6.45, 7) is 16.0. The molecule has 5 aliphatic heterocycles. The summed E-state index contributed by atoms with van der Waals surface area (Å²) in [5.41, 5.74) is 14.9. The lowest BCUT2D eigenvalue weighted by Crippen LogP contribution is -2.22. The van der Waals surface area contributed by atoms with Gasteiger partial charge in [-0.2, -0.15) is 0 Å². The zero-order valence-corrected chi connectivity index (χ0v) is 62.6. The van der Waals surface area contributed by atoms with E-state index in [0.29, 0.717) is 11.5 Å². The average Bonchev–Trinajstić information content (AvgIpc) is 1.83. The van der Waals surface area contributed by atoms with Crippen molar-refractivity contribution in [2.24, 2.45) is 0 Å². The lowest BCUT2D eigenvalue weighted by molar-refractivity contribution is -0.145. The molecule has 0 saturated carbocycles. The van der Waals surface area contributed by atoms with Crippen molar-refractivity contribution < 1.29 is 100 Å². The van der Waals surface area contributed by atoms with Crippen molar-refractivity contribution in [3.8, 4) is 11.5 Å². The fraction of sp³-hybridized carbons (Fsp3) is 0.241. The molecule has 4 unspecified atom stereocenters. The summed E-state index contributed by atoms with van der Waals surface area (Å²) in [7, 11) is 0. The van der Waals surface area contributed by atoms with Crippen LogP contribution in [0.25, 0.3) is 36.5 Å². The number of fused-ring (bicyclic) bond motifs is 1. The van der Waals surface area contributed by atoms with Gasteiger partial charge in [-0.3, -0.25) is 0 Å². The van der Waals surface area contributed by atoms with Crippen LogP contribution in [0.3, 0.4) is 0 Å². The number of carbonyl (C=O) groups is 4. The van der Waals surface area contributed by atoms with Gasteiger partial charge in [0.2, 0.25) is 6.79 Å². The Morgan fingerprint density at radius 1 is 0.321 bits per heavy atom. The standard InChI is InChI=1S/C15H14O4.C15H18O2.C15H14O2.C14H16O2.C14H14O2.C14H12O2.8H2O/c1-10-6-12(19-15(16)7-10)4-2-11-3-5-13-14(8-11)18-9-17-13;2*1-11-3-5-13(6-4-11)7-8-14-9-12(2)10-15(16)17-14;3*1-11-9-13(16-14(15)10-11)8-7-12-5-3-2-4-6-12;;;;;;;;/h2-5,7-8,12H,6,9H2,1H3;3-6,10,14H,7-9H2,1-2H3;3-10H,1-2H3;2-6,10,13H,7-9H2,1H3;2-8,10,13H,9H2,1H3;2-10H,1H3;8*1H2/b4-2+;;8-7+;;2*8-7+;;;;;;;;. The van der Waals surface area contributed by atoms with Crippen molar-refractivity contribution >= 4 is 60.3 Å². The second kappa shape index (κ2) is 50.7. The van der Waals surface area contributed by atoms with E-state index in [9.17, 15) is 28.8 Å². The fourth-order valence-corrected chi connectivity index (χ4v) is 10.9. The molecular formula is C87H104O22. The lowest BCUT2D eigenvalue weighted by Gasteiger charge is -2.21. The molecule has 584 valence electrons. The second-order valence-corrected chi connectivity index (χ2v) is 25.3. The highest BCUT2D eigenvalue weighted by Crippen LogP contribution is 2.33. The summed E-state index contributed by atoms with van der Waals surface area (Å²) in [4.78, 5) is 67.2. The summed E-state index contributed by atoms with van der Waals surface area (Å²) < 4.78 is 41.6. The van der Waals surface area contributed by atoms with Crippen LogP contribution in [0.2, 0.25) is 0 Å². The summed E-state index contributed by atoms with van der Waals surface area (Å²) in [6.07, 6.45) is 28.2. The van der Waals surface area contributed by atoms with Gasteiger partial charge in [-0.1, -0.05) is 203 Å². The zero-order valence-electron chi connectivity index (χ0n) is 62.6. The molecule has 7 heterocycles. The van der Waals surface area contributed by atoms with E-state index in [1.54, 1.807) is 30.4 Å². The van der Waals surface area contributed by atoms with E-state index in [-0.39, 0.29) is 110 Å². The molecule has 5 aliphatic rings. The number of hydrogen-bond donors (Lipinski definition) is 0. The zero-order chi connectivity index (χ0) is 71.9. The minimum atomic E-state index is -0.312. The first kappa shape index (κ1) is 97.3. The number of cyclic esters (lactones) is 4. The molecule has 0 amide bonds. The number of esters is 4. The number of benzene rings is 6. The molecule has 13 rings (SSSR count). The summed E-state index contributed by atoms with van der Waals surface area (Å²) in [5, 5.41) is 0. The Morgan fingerprint density at radius 3 is 1.08 bits per heavy atom. The number of rotatable bonds is 14. The van der Waals surface area contributed by atoms with Gasteiger partial charge in [0.25, 0.3) is 0 Å². The van der Waals surface area contributed by atoms with Gasteiger partial charge >= 0.3 is 35.1 Å². The van der Waals surface area contributed by atoms with Gasteiger partial charge in [-0.25, -0.2) is 28.8 Å². The van der Waals surface area contributed by atoms with E-state index in [0.717, 1.165) is 119 Å². The highest BCUT2D eigenvalue weighted by molar-refractivity contribution is 5.85. The predicted molar refractivity (Wildman–Crippen MR) is 428 cm³/mol. The highest BCUT2D eigenvalue weighted by atomic mass is 16.7. The maximum atomic E-state index is 11.3. The second-order valence-electron chi connectivity index (χ2n) is 25.3. The Balaban J connectivity index is 0.00000127. The van der Waals surface area contributed by atoms with Crippen LogP contribution >= 0.6 is 0 Å². The molecule has 0 bridgehead atoms. The maximum Gasteiger partial charge on any atom is 0.336 e. The van der Waals surface area contributed by atoms with Crippen molar-refractivity contribution in [2.45, 2.75) is 131 Å². The van der Waals surface area contributed by atoms with Crippen molar-refractivity contribution in [1.82, 2.24) is 0 Å². The minimum absolute atomic E-state index is 0. The Hall–Kier alpha value is -11.7. The van der Waals surface area contributed by atoms with Crippen LogP contribution in [-0.4, -0.2) is 98.9 Å². The molecule has 0 saturated heterocycles. The fourth-order valence-electron chi connectivity index (χ4n) is 10.9. The lowest BCUT2D eigenvalue weighted by atomic mass is 9.99. The van der Waals surface area contributed by atoms with E-state index in [1.807, 2.05) is 218 Å². The minimum Gasteiger partial charge on any atom is -0.459 e. The van der Waals surface area contributed by atoms with Crippen LogP contribution < -0.4 is 20.7 Å². The van der Waals surface area contributed by atoms with Crippen LogP contribution in [0.1, 0.15) is 133 Å². The smallest absolute Gasteiger partial charge is 0.336 e. The first-order valence-electron chi connectivity index (χ1n) is 33.8. The van der Waals surface area contributed by atoms with Crippen LogP contribution in [-0.2, 0) is 51.0 Å². The van der Waals surface area contributed by atoms with Crippen molar-refractivity contribution in [3.05, 3.63) is 329 Å². The topological polar surface area (TPSA) is 436 Å². The largest absolute Gasteiger partial charge is 0.459 e. The Morgan fingerprint density at radius 2 is 0.670 bits per heavy atom. The molecule has 0 fully saturated rings. The number of ether oxygens (including phenoxy) is 6. The van der Waals surface area contributed by atoms with Crippen molar-refractivity contribution in [2.75, 3.05) is 6.79 Å². The number of aryl methyl sites for hydroxylation is 6. The van der Waals surface area contributed by atoms with E-state index >= 15 is 0 Å². The van der Waals surface area contributed by atoms with Crippen LogP contribution in [0, 0.1) is 27.7 Å². The first-order chi connectivity index (χ1) is 48.7. The quantitative estimate of drug-likeness (QED) is 0.0721. The predicted octanol–water partition coefficient (Wildman–Crippen LogP) is 11.7. The van der Waals surface area contributed by atoms with Gasteiger partial charge in [-0.15, -0.1) is 0 Å². The Labute approximate surface area is 635 Å². The average molecular weight is 1500 g/mol. The van der Waals surface area contributed by atoms with E-state index in [4.69, 9.17) is 37.3 Å².